The lowest BCUT2D eigenvalue weighted by atomic mass is 9.79. The van der Waals surface area contributed by atoms with Crippen LogP contribution >= 0.6 is 7.37 Å². The Bertz CT molecular complexity index is 2220. The highest BCUT2D eigenvalue weighted by molar-refractivity contribution is 7.59. The number of carbonyl (C=O) groups is 6. The molecule has 6 atom stereocenters. The minimum Gasteiger partial charge on any atom is -0.480 e. The van der Waals surface area contributed by atoms with Crippen LogP contribution in [0.25, 0.3) is 0 Å². The Morgan fingerprint density at radius 2 is 1.46 bits per heavy atom. The van der Waals surface area contributed by atoms with Crippen LogP contribution in [0, 0.1) is 17.8 Å². The number of hydrogen-bond donors (Lipinski definition) is 3. The molecule has 2 amide bonds. The third kappa shape index (κ3) is 16.9. The van der Waals surface area contributed by atoms with Gasteiger partial charge in [-0.1, -0.05) is 132 Å². The number of nitrogens with one attached hydrogen (secondary N) is 1. The lowest BCUT2D eigenvalue weighted by Crippen LogP contribution is -2.53. The highest BCUT2D eigenvalue weighted by atomic mass is 31.2. The van der Waals surface area contributed by atoms with E-state index in [0.717, 1.165) is 49.7 Å². The Kier molecular flexibility index (Phi) is 22.1. The van der Waals surface area contributed by atoms with Crippen LogP contribution in [0.1, 0.15) is 115 Å². The van der Waals surface area contributed by atoms with E-state index in [1.165, 1.54) is 21.8 Å². The first-order valence-corrected chi connectivity index (χ1v) is 27.2. The largest absolute Gasteiger partial charge is 0.480 e. The van der Waals surface area contributed by atoms with Gasteiger partial charge in [-0.3, -0.25) is 43.3 Å². The number of unbranched alkanes of at least 4 members (excludes halogenated alkanes) is 1. The molecule has 3 aromatic carbocycles. The summed E-state index contributed by atoms with van der Waals surface area (Å²) in [6.45, 7) is 7.24. The average molecular weight is 988 g/mol. The van der Waals surface area contributed by atoms with Crippen LogP contribution in [-0.4, -0.2) is 107 Å². The van der Waals surface area contributed by atoms with Gasteiger partial charge in [0.05, 0.1) is 12.6 Å². The van der Waals surface area contributed by atoms with E-state index in [0.29, 0.717) is 56.7 Å². The number of ether oxygens (including phenoxy) is 2. The molecule has 6 rings (SSSR count). The van der Waals surface area contributed by atoms with Crippen molar-refractivity contribution in [1.29, 1.82) is 0 Å². The maximum Gasteiger partial charge on any atom is 0.326 e. The molecule has 1 saturated heterocycles. The monoisotopic (exact) mass is 988 g/mol. The number of rotatable bonds is 23. The molecule has 0 aromatic heterocycles. The third-order valence-electron chi connectivity index (χ3n) is 13.4. The molecule has 382 valence electrons. The summed E-state index contributed by atoms with van der Waals surface area (Å²) >= 11 is 0. The van der Waals surface area contributed by atoms with Crippen molar-refractivity contribution in [1.82, 2.24) is 10.2 Å². The molecule has 1 unspecified atom stereocenters. The summed E-state index contributed by atoms with van der Waals surface area (Å²) in [5, 5.41) is 22.5. The van der Waals surface area contributed by atoms with Crippen molar-refractivity contribution in [2.45, 2.75) is 142 Å². The Hall–Kier alpha value is -5.37. The number of aliphatic carboxylic acids is 2. The van der Waals surface area contributed by atoms with E-state index in [-0.39, 0.29) is 43.1 Å². The number of fused-ring (bicyclic) bond motifs is 1. The first-order valence-electron chi connectivity index (χ1n) is 25.2. The SMILES string of the molecule is CCC(=O)OC(O[P@](=O)(CCCCc1ccccc1)CC(=O)N1C[C@H](C2CCCCC2)C[C@H]1C(=O)O)C(C)C.CCOC(=O)[C@H](CCc1ccccc1)N[C@H]1CCc2ccccc2N(CC(=O)O)C1=O. The quantitative estimate of drug-likeness (QED) is 0.0352. The number of carboxylic acids is 2. The average Bonchev–Trinajstić information content (AvgIpc) is 3.77. The van der Waals surface area contributed by atoms with E-state index >= 15 is 0 Å². The van der Waals surface area contributed by atoms with E-state index < -0.39 is 68.1 Å². The fourth-order valence-electron chi connectivity index (χ4n) is 9.68. The molecule has 15 nitrogen and oxygen atoms in total. The second kappa shape index (κ2) is 27.9. The zero-order chi connectivity index (χ0) is 50.6. The fraction of sp³-hybridized carbons (Fsp3) is 0.556. The van der Waals surface area contributed by atoms with E-state index in [4.69, 9.17) is 14.0 Å². The molecule has 2 aliphatic heterocycles. The molecule has 3 N–H and O–H groups in total. The molecule has 70 heavy (non-hydrogen) atoms. The van der Waals surface area contributed by atoms with Crippen LogP contribution in [0.4, 0.5) is 5.69 Å². The van der Waals surface area contributed by atoms with Crippen LogP contribution in [0.5, 0.6) is 0 Å². The zero-order valence-electron chi connectivity index (χ0n) is 41.4. The summed E-state index contributed by atoms with van der Waals surface area (Å²) < 4.78 is 30.9. The van der Waals surface area contributed by atoms with Crippen LogP contribution in [0.15, 0.2) is 84.9 Å². The van der Waals surface area contributed by atoms with Crippen molar-refractivity contribution in [3.05, 3.63) is 102 Å². The van der Waals surface area contributed by atoms with E-state index in [2.05, 4.69) is 5.32 Å². The van der Waals surface area contributed by atoms with Gasteiger partial charge in [-0.25, -0.2) is 4.79 Å². The van der Waals surface area contributed by atoms with Crippen LogP contribution < -0.4 is 10.2 Å². The van der Waals surface area contributed by atoms with E-state index in [9.17, 15) is 43.5 Å². The highest BCUT2D eigenvalue weighted by Gasteiger charge is 2.45. The number of likely N-dealkylation sites (tertiary alicyclic amines) is 1. The molecular formula is C54H74N3O12P. The lowest BCUT2D eigenvalue weighted by Gasteiger charge is -2.30. The van der Waals surface area contributed by atoms with Crippen LogP contribution in [0.3, 0.4) is 0 Å². The number of carbonyl (C=O) groups excluding carboxylic acids is 4. The van der Waals surface area contributed by atoms with Gasteiger partial charge in [0.2, 0.25) is 25.5 Å². The summed E-state index contributed by atoms with van der Waals surface area (Å²) in [5.41, 5.74) is 3.79. The molecule has 16 heteroatoms. The van der Waals surface area contributed by atoms with Gasteiger partial charge in [0.1, 0.15) is 24.8 Å². The van der Waals surface area contributed by atoms with Crippen molar-refractivity contribution in [3.8, 4) is 0 Å². The molecule has 3 aliphatic rings. The summed E-state index contributed by atoms with van der Waals surface area (Å²) in [4.78, 5) is 77.8. The predicted octanol–water partition coefficient (Wildman–Crippen LogP) is 8.69. The summed E-state index contributed by atoms with van der Waals surface area (Å²) in [6, 6.07) is 24.9. The van der Waals surface area contributed by atoms with Crippen molar-refractivity contribution in [2.24, 2.45) is 17.8 Å². The van der Waals surface area contributed by atoms with Gasteiger partial charge in [-0.2, -0.15) is 0 Å². The van der Waals surface area contributed by atoms with Gasteiger partial charge in [-0.15, -0.1) is 0 Å². The van der Waals surface area contributed by atoms with Crippen LogP contribution in [-0.2, 0) is 66.6 Å². The zero-order valence-corrected chi connectivity index (χ0v) is 42.3. The van der Waals surface area contributed by atoms with Crippen LogP contribution in [0.2, 0.25) is 0 Å². The molecule has 2 heterocycles. The van der Waals surface area contributed by atoms with E-state index in [1.54, 1.807) is 26.0 Å². The number of nitrogens with zero attached hydrogens (tertiary/aromatic N) is 2. The third-order valence-corrected chi connectivity index (χ3v) is 15.8. The number of carboxylic acid groups (broad SMARTS) is 2. The smallest absolute Gasteiger partial charge is 0.326 e. The second-order valence-electron chi connectivity index (χ2n) is 19.0. The fourth-order valence-corrected chi connectivity index (χ4v) is 12.0. The Morgan fingerprint density at radius 3 is 2.07 bits per heavy atom. The molecule has 3 aromatic rings. The minimum absolute atomic E-state index is 0.149. The van der Waals surface area contributed by atoms with Gasteiger partial charge < -0.3 is 24.6 Å². The Morgan fingerprint density at radius 1 is 0.814 bits per heavy atom. The standard InChI is InChI=1S/C30H46NO7P.C24H28N2O5/c1-4-28(33)37-30(22(2)3)38-39(36,18-12-11-15-23-13-7-5-8-14-23)21-27(32)31-20-25(19-26(31)29(34)35)24-16-9-6-10-17-24;1-2-31-24(30)20(14-12-17-8-4-3-5-9-17)25-19-15-13-18-10-6-7-11-21(18)26(23(19)29)16-22(27)28/h5,7-8,13-14,22,24-26,30H,4,6,9-12,15-21H2,1-3H3,(H,34,35);3-11,19-20,25H,2,12-16H2,1H3,(H,27,28)/t25-,26+,30?,39-;19-,20-/m10/s1. The molecule has 0 bridgehead atoms. The van der Waals surface area contributed by atoms with Crippen molar-refractivity contribution in [3.63, 3.8) is 0 Å². The van der Waals surface area contributed by atoms with Crippen molar-refractivity contribution in [2.75, 3.05) is 36.9 Å². The second-order valence-corrected chi connectivity index (χ2v) is 21.6. The van der Waals surface area contributed by atoms with Gasteiger partial charge >= 0.3 is 23.9 Å². The molecule has 2 fully saturated rings. The number of aryl methyl sites for hydroxylation is 3. The first kappa shape index (κ1) is 55.6. The number of benzene rings is 3. The molecule has 0 spiro atoms. The summed E-state index contributed by atoms with van der Waals surface area (Å²) in [7, 11) is -3.60. The van der Waals surface area contributed by atoms with Crippen molar-refractivity contribution < 1.29 is 57.5 Å². The molecule has 1 saturated carbocycles. The highest BCUT2D eigenvalue weighted by Crippen LogP contribution is 2.51. The van der Waals surface area contributed by atoms with Gasteiger partial charge in [0.25, 0.3) is 0 Å². The molecule has 1 aliphatic carbocycles. The Labute approximate surface area is 413 Å². The number of esters is 2. The normalized spacial score (nSPS) is 20.0. The van der Waals surface area contributed by atoms with Crippen molar-refractivity contribution >= 4 is 48.7 Å². The number of anilines is 1. The van der Waals surface area contributed by atoms with Gasteiger partial charge in [0, 0.05) is 30.7 Å². The number of para-hydroxylation sites is 1. The number of hydrogen-bond acceptors (Lipinski definition) is 11. The number of amides is 2. The topological polar surface area (TPSA) is 206 Å². The Balaban J connectivity index is 0.000000267. The molecular weight excluding hydrogens is 914 g/mol. The van der Waals surface area contributed by atoms with E-state index in [1.807, 2.05) is 86.6 Å². The predicted molar refractivity (Wildman–Crippen MR) is 267 cm³/mol. The maximum absolute atomic E-state index is 14.2. The molecule has 0 radical (unpaired) electrons. The lowest BCUT2D eigenvalue weighted by molar-refractivity contribution is -0.169. The van der Waals surface area contributed by atoms with Gasteiger partial charge in [0.15, 0.2) is 0 Å². The summed E-state index contributed by atoms with van der Waals surface area (Å²) in [5.74, 6) is -3.45. The first-order chi connectivity index (χ1) is 33.6. The summed E-state index contributed by atoms with van der Waals surface area (Å²) in [6.07, 6.45) is 9.31. The van der Waals surface area contributed by atoms with Gasteiger partial charge in [-0.05, 0) is 92.9 Å². The minimum atomic E-state index is -3.60. The maximum atomic E-state index is 14.2.